The number of alkyl halides is 3. The second-order valence-electron chi connectivity index (χ2n) is 11.6. The van der Waals surface area contributed by atoms with E-state index in [-0.39, 0.29) is 25.5 Å². The van der Waals surface area contributed by atoms with Crippen LogP contribution in [0.3, 0.4) is 0 Å². The summed E-state index contributed by atoms with van der Waals surface area (Å²) >= 11 is 0. The van der Waals surface area contributed by atoms with Gasteiger partial charge in [0, 0.05) is 18.4 Å². The van der Waals surface area contributed by atoms with Gasteiger partial charge in [0.25, 0.3) is 0 Å². The molecule has 2 saturated heterocycles. The Labute approximate surface area is 222 Å². The van der Waals surface area contributed by atoms with Crippen molar-refractivity contribution < 1.29 is 31.1 Å². The topological polar surface area (TPSA) is 109 Å². The number of carbonyl (C=O) groups excluding carboxylic acids is 1. The summed E-state index contributed by atoms with van der Waals surface area (Å²) in [6.07, 6.45) is -4.35. The Kier molecular flexibility index (Phi) is 8.50. The lowest BCUT2D eigenvalue weighted by Crippen LogP contribution is -2.64. The summed E-state index contributed by atoms with van der Waals surface area (Å²) in [5, 5.41) is 8.47. The molecule has 1 aromatic carbocycles. The van der Waals surface area contributed by atoms with E-state index >= 15 is 0 Å². The van der Waals surface area contributed by atoms with Gasteiger partial charge in [-0.05, 0) is 56.2 Å². The molecule has 214 valence electrons. The van der Waals surface area contributed by atoms with Crippen LogP contribution in [0.25, 0.3) is 0 Å². The van der Waals surface area contributed by atoms with Crippen molar-refractivity contribution in [3.05, 3.63) is 34.9 Å². The minimum Gasteiger partial charge on any atom is -0.361 e. The Bertz CT molecular complexity index is 1110. The first-order valence-corrected chi connectivity index (χ1v) is 14.8. The predicted molar refractivity (Wildman–Crippen MR) is 137 cm³/mol. The van der Waals surface area contributed by atoms with Gasteiger partial charge in [-0.15, -0.1) is 0 Å². The summed E-state index contributed by atoms with van der Waals surface area (Å²) < 4.78 is 76.8. The fourth-order valence-corrected chi connectivity index (χ4v) is 7.53. The van der Waals surface area contributed by atoms with E-state index < -0.39 is 57.2 Å². The lowest BCUT2D eigenvalue weighted by atomic mass is 9.84. The zero-order valence-electron chi connectivity index (χ0n) is 22.3. The third-order valence-electron chi connectivity index (χ3n) is 8.15. The van der Waals surface area contributed by atoms with Gasteiger partial charge < -0.3 is 10.1 Å². The van der Waals surface area contributed by atoms with Crippen molar-refractivity contribution in [3.8, 4) is 0 Å². The van der Waals surface area contributed by atoms with Gasteiger partial charge in [0.2, 0.25) is 15.9 Å². The lowest BCUT2D eigenvalue weighted by Gasteiger charge is -2.40. The maximum absolute atomic E-state index is 13.7. The van der Waals surface area contributed by atoms with Crippen LogP contribution in [0.1, 0.15) is 75.1 Å². The lowest BCUT2D eigenvalue weighted by molar-refractivity contribution is -0.216. The van der Waals surface area contributed by atoms with Gasteiger partial charge in [0.1, 0.15) is 12.5 Å². The molecule has 0 spiro atoms. The van der Waals surface area contributed by atoms with E-state index in [1.165, 1.54) is 0 Å². The number of amides is 1. The molecule has 0 radical (unpaired) electrons. The molecule has 1 aromatic rings. The maximum Gasteiger partial charge on any atom is 0.394 e. The molecule has 4 bridgehead atoms. The standard InChI is InChI=1S/C26H39F3N4O4S/c1-15-7-5-8-16(2)22(15)20-12-21-32-24(31-20)33-38(35,36)19-10-6-9-17(11-19)23(34)30-18(14-37-21)13-25(3,4)26(27,28)29/h5,7-8,17-21,24,31-33H,6,9-14H2,1-4H3,(H,30,34)/t17?,18-,19?,20?,21?,24?/m1/s1. The maximum atomic E-state index is 13.7. The van der Waals surface area contributed by atoms with Crippen molar-refractivity contribution in [1.82, 2.24) is 20.7 Å². The monoisotopic (exact) mass is 560 g/mol. The van der Waals surface area contributed by atoms with E-state index in [4.69, 9.17) is 4.74 Å². The minimum absolute atomic E-state index is 0.119. The molecule has 6 atom stereocenters. The van der Waals surface area contributed by atoms with Gasteiger partial charge in [-0.25, -0.2) is 8.42 Å². The normalized spacial score (nSPS) is 32.9. The molecule has 4 rings (SSSR count). The Morgan fingerprint density at radius 2 is 1.74 bits per heavy atom. The average molecular weight is 561 g/mol. The number of rotatable bonds is 3. The smallest absolute Gasteiger partial charge is 0.361 e. The van der Waals surface area contributed by atoms with Crippen LogP contribution in [-0.2, 0) is 19.6 Å². The van der Waals surface area contributed by atoms with Gasteiger partial charge in [0.05, 0.1) is 23.3 Å². The molecule has 3 aliphatic rings. The summed E-state index contributed by atoms with van der Waals surface area (Å²) in [6.45, 7) is 6.05. The van der Waals surface area contributed by atoms with Gasteiger partial charge in [-0.3, -0.25) is 15.4 Å². The van der Waals surface area contributed by atoms with Crippen molar-refractivity contribution in [2.75, 3.05) is 6.61 Å². The van der Waals surface area contributed by atoms with Crippen LogP contribution in [0.4, 0.5) is 13.2 Å². The Morgan fingerprint density at radius 3 is 2.39 bits per heavy atom. The van der Waals surface area contributed by atoms with Gasteiger partial charge in [0.15, 0.2) is 0 Å². The number of sulfonamides is 1. The summed E-state index contributed by atoms with van der Waals surface area (Å²) in [7, 11) is -3.82. The first-order chi connectivity index (χ1) is 17.7. The molecule has 1 saturated carbocycles. The van der Waals surface area contributed by atoms with Gasteiger partial charge >= 0.3 is 6.18 Å². The molecule has 12 heteroatoms. The van der Waals surface area contributed by atoms with Crippen molar-refractivity contribution in [1.29, 1.82) is 0 Å². The molecule has 8 nitrogen and oxygen atoms in total. The van der Waals surface area contributed by atoms with Crippen LogP contribution >= 0.6 is 0 Å². The molecule has 5 unspecified atom stereocenters. The van der Waals surface area contributed by atoms with E-state index in [0.29, 0.717) is 25.7 Å². The van der Waals surface area contributed by atoms with Crippen molar-refractivity contribution in [2.45, 2.75) is 102 Å². The first kappa shape index (κ1) is 29.3. The van der Waals surface area contributed by atoms with Gasteiger partial charge in [-0.2, -0.15) is 17.9 Å². The minimum atomic E-state index is -4.46. The number of ether oxygens (including phenoxy) is 1. The third kappa shape index (κ3) is 6.52. The highest BCUT2D eigenvalue weighted by Crippen LogP contribution is 2.41. The van der Waals surface area contributed by atoms with Crippen LogP contribution < -0.4 is 20.7 Å². The number of carbonyl (C=O) groups is 1. The highest BCUT2D eigenvalue weighted by Gasteiger charge is 2.49. The van der Waals surface area contributed by atoms with Crippen molar-refractivity contribution in [2.24, 2.45) is 11.3 Å². The molecule has 1 aliphatic carbocycles. The summed E-state index contributed by atoms with van der Waals surface area (Å²) in [6, 6.07) is 4.76. The van der Waals surface area contributed by atoms with Crippen LogP contribution in [0, 0.1) is 25.2 Å². The SMILES string of the molecule is Cc1cccc(C)c1C1CC2NC(N1)NS(=O)(=O)C1CCCC(C1)C(=O)N[C@H](CC(C)(C)C(F)(F)F)CO2. The molecule has 2 heterocycles. The zero-order valence-corrected chi connectivity index (χ0v) is 23.1. The number of hydrogen-bond acceptors (Lipinski definition) is 6. The fraction of sp³-hybridized carbons (Fsp3) is 0.731. The highest BCUT2D eigenvalue weighted by atomic mass is 32.2. The van der Waals surface area contributed by atoms with Crippen LogP contribution in [0.2, 0.25) is 0 Å². The number of aryl methyl sites for hydroxylation is 2. The Balaban J connectivity index is 1.66. The highest BCUT2D eigenvalue weighted by molar-refractivity contribution is 7.90. The predicted octanol–water partition coefficient (Wildman–Crippen LogP) is 3.51. The quantitative estimate of drug-likeness (QED) is 0.451. The molecule has 0 aromatic heterocycles. The van der Waals surface area contributed by atoms with E-state index in [2.05, 4.69) is 20.7 Å². The second kappa shape index (κ2) is 11.0. The Hall–Kier alpha value is -1.73. The van der Waals surface area contributed by atoms with Gasteiger partial charge in [-0.1, -0.05) is 38.5 Å². The molecular formula is C26H39F3N4O4S. The summed E-state index contributed by atoms with van der Waals surface area (Å²) in [5.41, 5.74) is 1.05. The first-order valence-electron chi connectivity index (χ1n) is 13.2. The van der Waals surface area contributed by atoms with Crippen LogP contribution in [-0.4, -0.2) is 50.9 Å². The molecule has 4 N–H and O–H groups in total. The fourth-order valence-electron chi connectivity index (χ4n) is 5.91. The van der Waals surface area contributed by atoms with Crippen LogP contribution in [0.15, 0.2) is 18.2 Å². The Morgan fingerprint density at radius 1 is 1.05 bits per heavy atom. The number of benzene rings is 1. The molecule has 1 amide bonds. The van der Waals surface area contributed by atoms with E-state index in [9.17, 15) is 26.4 Å². The second-order valence-corrected chi connectivity index (χ2v) is 13.6. The third-order valence-corrected chi connectivity index (χ3v) is 10.0. The molecule has 38 heavy (non-hydrogen) atoms. The number of nitrogens with one attached hydrogen (secondary N) is 4. The van der Waals surface area contributed by atoms with Crippen LogP contribution in [0.5, 0.6) is 0 Å². The van der Waals surface area contributed by atoms with Crippen molar-refractivity contribution in [3.63, 3.8) is 0 Å². The summed E-state index contributed by atoms with van der Waals surface area (Å²) in [4.78, 5) is 13.1. The molecule has 3 fully saturated rings. The van der Waals surface area contributed by atoms with Crippen molar-refractivity contribution >= 4 is 15.9 Å². The number of halogens is 3. The zero-order chi connectivity index (χ0) is 27.9. The van der Waals surface area contributed by atoms with E-state index in [1.54, 1.807) is 0 Å². The number of fused-ring (bicyclic) bond motifs is 4. The molecular weight excluding hydrogens is 521 g/mol. The summed E-state index contributed by atoms with van der Waals surface area (Å²) in [5.74, 6) is -1.01. The average Bonchev–Trinajstić information content (AvgIpc) is 2.81. The largest absolute Gasteiger partial charge is 0.394 e. The van der Waals surface area contributed by atoms with E-state index in [0.717, 1.165) is 30.5 Å². The number of hydrogen-bond donors (Lipinski definition) is 4. The van der Waals surface area contributed by atoms with E-state index in [1.807, 2.05) is 32.0 Å². The molecule has 2 aliphatic heterocycles.